The summed E-state index contributed by atoms with van der Waals surface area (Å²) in [5.41, 5.74) is 2.54. The predicted octanol–water partition coefficient (Wildman–Crippen LogP) is 4.09. The molecule has 3 heterocycles. The number of carbonyl (C=O) groups is 1. The van der Waals surface area contributed by atoms with Crippen molar-refractivity contribution in [2.45, 2.75) is 0 Å². The lowest BCUT2D eigenvalue weighted by molar-refractivity contribution is 0.102. The number of fused-ring (bicyclic) bond motifs is 2. The second kappa shape index (κ2) is 6.20. The third-order valence-electron chi connectivity index (χ3n) is 3.90. The van der Waals surface area contributed by atoms with E-state index in [1.165, 1.54) is 30.7 Å². The molecule has 0 spiro atoms. The zero-order valence-electron chi connectivity index (χ0n) is 14.0. The van der Waals surface area contributed by atoms with Crippen LogP contribution in [0.1, 0.15) is 10.4 Å². The van der Waals surface area contributed by atoms with Crippen molar-refractivity contribution in [3.05, 3.63) is 60.2 Å². The van der Waals surface area contributed by atoms with E-state index in [4.69, 9.17) is 8.83 Å². The molecule has 0 aliphatic carbocycles. The first-order valence-electron chi connectivity index (χ1n) is 8.08. The fourth-order valence-corrected chi connectivity index (χ4v) is 2.64. The van der Waals surface area contributed by atoms with E-state index in [0.29, 0.717) is 33.5 Å². The first-order chi connectivity index (χ1) is 13.6. The average molecular weight is 379 g/mol. The van der Waals surface area contributed by atoms with Gasteiger partial charge in [-0.25, -0.2) is 4.39 Å². The Kier molecular flexibility index (Phi) is 3.54. The zero-order valence-corrected chi connectivity index (χ0v) is 14.0. The van der Waals surface area contributed by atoms with E-state index in [2.05, 4.69) is 30.3 Å². The van der Waals surface area contributed by atoms with Gasteiger partial charge in [0.1, 0.15) is 28.8 Å². The van der Waals surface area contributed by atoms with Gasteiger partial charge in [0.25, 0.3) is 5.91 Å². The van der Waals surface area contributed by atoms with Crippen LogP contribution in [0.15, 0.2) is 62.2 Å². The number of aromatic nitrogens is 3. The summed E-state index contributed by atoms with van der Waals surface area (Å²) >= 11 is 0. The minimum Gasteiger partial charge on any atom is -0.423 e. The van der Waals surface area contributed by atoms with Crippen LogP contribution < -0.4 is 10.6 Å². The van der Waals surface area contributed by atoms with Crippen molar-refractivity contribution in [2.75, 3.05) is 10.6 Å². The molecule has 0 radical (unpaired) electrons. The second-order valence-corrected chi connectivity index (χ2v) is 5.82. The van der Waals surface area contributed by atoms with Gasteiger partial charge >= 0.3 is 12.0 Å². The Labute approximate surface area is 155 Å². The second-order valence-electron chi connectivity index (χ2n) is 5.82. The van der Waals surface area contributed by atoms with Gasteiger partial charge in [0.2, 0.25) is 0 Å². The Bertz CT molecular complexity index is 1310. The van der Waals surface area contributed by atoms with Crippen molar-refractivity contribution in [3.63, 3.8) is 0 Å². The Morgan fingerprint density at radius 1 is 0.964 bits per heavy atom. The van der Waals surface area contributed by atoms with E-state index in [-0.39, 0.29) is 17.9 Å². The molecule has 28 heavy (non-hydrogen) atoms. The van der Waals surface area contributed by atoms with Gasteiger partial charge in [-0.2, -0.15) is 9.97 Å². The number of hydrogen-bond acceptors (Lipinski definition) is 8. The summed E-state index contributed by atoms with van der Waals surface area (Å²) < 4.78 is 29.0. The van der Waals surface area contributed by atoms with E-state index in [9.17, 15) is 9.18 Å². The van der Waals surface area contributed by atoms with Crippen LogP contribution >= 0.6 is 0 Å². The SMILES string of the molecule is O=C(Nc1cnoc1)c1ccc2oc(Nc3nc4cc(F)ccc4o3)nc2c1. The molecule has 10 heteroatoms. The Hall–Kier alpha value is -4.21. The monoisotopic (exact) mass is 379 g/mol. The largest absolute Gasteiger partial charge is 0.423 e. The number of anilines is 3. The summed E-state index contributed by atoms with van der Waals surface area (Å²) in [4.78, 5) is 20.7. The van der Waals surface area contributed by atoms with Gasteiger partial charge in [0.05, 0.1) is 6.20 Å². The fraction of sp³-hybridized carbons (Fsp3) is 0. The van der Waals surface area contributed by atoms with E-state index < -0.39 is 5.82 Å². The smallest absolute Gasteiger partial charge is 0.303 e. The normalized spacial score (nSPS) is 11.2. The number of amides is 1. The van der Waals surface area contributed by atoms with Gasteiger partial charge in [0, 0.05) is 11.6 Å². The van der Waals surface area contributed by atoms with Gasteiger partial charge in [0.15, 0.2) is 11.2 Å². The standard InChI is InChI=1S/C18H10FN5O4/c19-10-2-4-15-13(6-10)23-18(28-15)24-17-22-12-5-9(1-3-14(12)27-17)16(25)21-11-7-20-26-8-11/h1-8H,(H,21,25)(H,22,23,24). The first kappa shape index (κ1) is 16.0. The molecule has 0 aliphatic rings. The molecule has 0 saturated heterocycles. The molecule has 2 N–H and O–H groups in total. The minimum absolute atomic E-state index is 0.109. The van der Waals surface area contributed by atoms with Crippen LogP contribution in [0.2, 0.25) is 0 Å². The van der Waals surface area contributed by atoms with Crippen molar-refractivity contribution >= 4 is 45.8 Å². The molecule has 138 valence electrons. The van der Waals surface area contributed by atoms with Crippen molar-refractivity contribution in [2.24, 2.45) is 0 Å². The molecular weight excluding hydrogens is 369 g/mol. The highest BCUT2D eigenvalue weighted by molar-refractivity contribution is 6.05. The Morgan fingerprint density at radius 3 is 2.39 bits per heavy atom. The lowest BCUT2D eigenvalue weighted by Crippen LogP contribution is -2.11. The molecule has 0 unspecified atom stereocenters. The summed E-state index contributed by atoms with van der Waals surface area (Å²) in [6.45, 7) is 0. The number of nitrogens with zero attached hydrogens (tertiary/aromatic N) is 3. The molecule has 5 aromatic rings. The summed E-state index contributed by atoms with van der Waals surface area (Å²) in [5.74, 6) is -0.755. The zero-order chi connectivity index (χ0) is 19.1. The highest BCUT2D eigenvalue weighted by atomic mass is 19.1. The number of hydrogen-bond donors (Lipinski definition) is 2. The number of oxazole rings is 2. The third kappa shape index (κ3) is 2.92. The average Bonchev–Trinajstić information content (AvgIpc) is 3.39. The van der Waals surface area contributed by atoms with Crippen LogP contribution in [0, 0.1) is 5.82 Å². The summed E-state index contributed by atoms with van der Waals surface area (Å²) in [6.07, 6.45) is 2.71. The molecule has 9 nitrogen and oxygen atoms in total. The highest BCUT2D eigenvalue weighted by Crippen LogP contribution is 2.25. The molecule has 0 aliphatic heterocycles. The molecule has 0 atom stereocenters. The summed E-state index contributed by atoms with van der Waals surface area (Å²) in [6, 6.07) is 9.05. The lowest BCUT2D eigenvalue weighted by atomic mass is 10.2. The van der Waals surface area contributed by atoms with Crippen LogP contribution in [-0.4, -0.2) is 21.0 Å². The van der Waals surface area contributed by atoms with Gasteiger partial charge in [-0.1, -0.05) is 5.16 Å². The maximum absolute atomic E-state index is 13.3. The molecule has 0 saturated carbocycles. The maximum Gasteiger partial charge on any atom is 0.303 e. The van der Waals surface area contributed by atoms with Crippen LogP contribution in [0.3, 0.4) is 0 Å². The fourth-order valence-electron chi connectivity index (χ4n) is 2.64. The van der Waals surface area contributed by atoms with E-state index in [1.54, 1.807) is 18.2 Å². The van der Waals surface area contributed by atoms with Crippen molar-refractivity contribution < 1.29 is 22.5 Å². The van der Waals surface area contributed by atoms with Crippen LogP contribution in [0.4, 0.5) is 22.1 Å². The van der Waals surface area contributed by atoms with Crippen molar-refractivity contribution in [1.29, 1.82) is 0 Å². The molecule has 1 amide bonds. The Balaban J connectivity index is 1.40. The maximum atomic E-state index is 13.3. The topological polar surface area (TPSA) is 119 Å². The van der Waals surface area contributed by atoms with Gasteiger partial charge in [-0.15, -0.1) is 0 Å². The number of nitrogens with one attached hydrogen (secondary N) is 2. The molecule has 5 rings (SSSR count). The molecule has 0 bridgehead atoms. The van der Waals surface area contributed by atoms with Gasteiger partial charge in [-0.05, 0) is 30.3 Å². The van der Waals surface area contributed by atoms with E-state index >= 15 is 0 Å². The predicted molar refractivity (Wildman–Crippen MR) is 95.7 cm³/mol. The third-order valence-corrected chi connectivity index (χ3v) is 3.90. The number of halogens is 1. The molecular formula is C18H10FN5O4. The van der Waals surface area contributed by atoms with Crippen molar-refractivity contribution in [1.82, 2.24) is 15.1 Å². The van der Waals surface area contributed by atoms with Crippen LogP contribution in [0.25, 0.3) is 22.2 Å². The summed E-state index contributed by atoms with van der Waals surface area (Å²) in [7, 11) is 0. The number of benzene rings is 2. The van der Waals surface area contributed by atoms with E-state index in [0.717, 1.165) is 0 Å². The van der Waals surface area contributed by atoms with Crippen LogP contribution in [-0.2, 0) is 0 Å². The highest BCUT2D eigenvalue weighted by Gasteiger charge is 2.14. The molecule has 3 aromatic heterocycles. The van der Waals surface area contributed by atoms with Crippen LogP contribution in [0.5, 0.6) is 0 Å². The molecule has 2 aromatic carbocycles. The van der Waals surface area contributed by atoms with Crippen molar-refractivity contribution in [3.8, 4) is 0 Å². The van der Waals surface area contributed by atoms with Gasteiger partial charge < -0.3 is 18.7 Å². The quantitative estimate of drug-likeness (QED) is 0.479. The number of rotatable bonds is 4. The molecule has 0 fully saturated rings. The minimum atomic E-state index is -0.411. The first-order valence-corrected chi connectivity index (χ1v) is 8.08. The lowest BCUT2D eigenvalue weighted by Gasteiger charge is -2.00. The Morgan fingerprint density at radius 2 is 1.68 bits per heavy atom. The number of carbonyl (C=O) groups excluding carboxylic acids is 1. The summed E-state index contributed by atoms with van der Waals surface area (Å²) in [5, 5.41) is 8.95. The van der Waals surface area contributed by atoms with E-state index in [1.807, 2.05) is 0 Å². The van der Waals surface area contributed by atoms with Gasteiger partial charge in [-0.3, -0.25) is 10.1 Å².